The summed E-state index contributed by atoms with van der Waals surface area (Å²) in [6.07, 6.45) is 0.421. The van der Waals surface area contributed by atoms with Crippen LogP contribution in [-0.4, -0.2) is 23.9 Å². The molecule has 6 heteroatoms. The zero-order valence-electron chi connectivity index (χ0n) is 12.8. The van der Waals surface area contributed by atoms with Crippen molar-refractivity contribution >= 4 is 11.6 Å². The SMILES string of the molecule is CC(C)CNC(=O)CCNC(C)c1ccc([N+](=O)[O-])cc1. The molecule has 2 N–H and O–H groups in total. The standard InChI is InChI=1S/C15H23N3O3/c1-11(2)10-17-15(19)8-9-16-12(3)13-4-6-14(7-5-13)18(20)21/h4-7,11-12,16H,8-10H2,1-3H3,(H,17,19). The predicted molar refractivity (Wildman–Crippen MR) is 82.0 cm³/mol. The summed E-state index contributed by atoms with van der Waals surface area (Å²) in [5.41, 5.74) is 1.04. The van der Waals surface area contributed by atoms with Crippen molar-refractivity contribution in [2.75, 3.05) is 13.1 Å². The van der Waals surface area contributed by atoms with Gasteiger partial charge in [-0.25, -0.2) is 0 Å². The summed E-state index contributed by atoms with van der Waals surface area (Å²) in [6, 6.07) is 6.48. The van der Waals surface area contributed by atoms with Crippen LogP contribution < -0.4 is 10.6 Å². The number of carbonyl (C=O) groups excluding carboxylic acids is 1. The van der Waals surface area contributed by atoms with Crippen LogP contribution in [0.2, 0.25) is 0 Å². The third kappa shape index (κ3) is 6.35. The van der Waals surface area contributed by atoms with E-state index in [1.54, 1.807) is 12.1 Å². The Morgan fingerprint density at radius 2 is 1.86 bits per heavy atom. The second-order valence-electron chi connectivity index (χ2n) is 5.47. The molecule has 0 radical (unpaired) electrons. The van der Waals surface area contributed by atoms with Crippen LogP contribution in [0.1, 0.15) is 38.8 Å². The number of nitro benzene ring substituents is 1. The Morgan fingerprint density at radius 3 is 2.38 bits per heavy atom. The van der Waals surface area contributed by atoms with E-state index < -0.39 is 4.92 Å². The van der Waals surface area contributed by atoms with Crippen molar-refractivity contribution in [3.8, 4) is 0 Å². The van der Waals surface area contributed by atoms with E-state index in [-0.39, 0.29) is 17.6 Å². The predicted octanol–water partition coefficient (Wildman–Crippen LogP) is 2.41. The van der Waals surface area contributed by atoms with Gasteiger partial charge in [0.2, 0.25) is 5.91 Å². The van der Waals surface area contributed by atoms with Gasteiger partial charge in [0.1, 0.15) is 0 Å². The molecule has 21 heavy (non-hydrogen) atoms. The van der Waals surface area contributed by atoms with E-state index in [4.69, 9.17) is 0 Å². The maximum Gasteiger partial charge on any atom is 0.269 e. The molecule has 0 aliphatic heterocycles. The normalized spacial score (nSPS) is 12.2. The molecule has 1 aromatic carbocycles. The van der Waals surface area contributed by atoms with E-state index in [1.807, 2.05) is 6.92 Å². The maximum absolute atomic E-state index is 11.6. The molecule has 116 valence electrons. The number of non-ortho nitro benzene ring substituents is 1. The number of amides is 1. The van der Waals surface area contributed by atoms with E-state index in [0.29, 0.717) is 25.4 Å². The highest BCUT2D eigenvalue weighted by Gasteiger charge is 2.09. The number of benzene rings is 1. The van der Waals surface area contributed by atoms with Crippen LogP contribution in [0.5, 0.6) is 0 Å². The fraction of sp³-hybridized carbons (Fsp3) is 0.533. The molecule has 1 aromatic rings. The molecule has 1 atom stereocenters. The van der Waals surface area contributed by atoms with E-state index in [9.17, 15) is 14.9 Å². The molecule has 1 amide bonds. The zero-order chi connectivity index (χ0) is 15.8. The van der Waals surface area contributed by atoms with Crippen molar-refractivity contribution in [1.82, 2.24) is 10.6 Å². The van der Waals surface area contributed by atoms with Gasteiger partial charge in [-0.15, -0.1) is 0 Å². The van der Waals surface area contributed by atoms with Crippen molar-refractivity contribution in [3.05, 3.63) is 39.9 Å². The third-order valence-corrected chi connectivity index (χ3v) is 3.11. The molecule has 1 rings (SSSR count). The van der Waals surface area contributed by atoms with Crippen LogP contribution in [-0.2, 0) is 4.79 Å². The molecule has 0 fully saturated rings. The Hall–Kier alpha value is -1.95. The van der Waals surface area contributed by atoms with Crippen LogP contribution in [0.25, 0.3) is 0 Å². The van der Waals surface area contributed by atoms with Gasteiger partial charge in [0.05, 0.1) is 4.92 Å². The van der Waals surface area contributed by atoms with Crippen LogP contribution in [0.15, 0.2) is 24.3 Å². The first-order chi connectivity index (χ1) is 9.90. The van der Waals surface area contributed by atoms with Gasteiger partial charge in [-0.05, 0) is 18.4 Å². The summed E-state index contributed by atoms with van der Waals surface area (Å²) >= 11 is 0. The number of nitrogens with zero attached hydrogens (tertiary/aromatic N) is 1. The van der Waals surface area contributed by atoms with Crippen molar-refractivity contribution in [1.29, 1.82) is 0 Å². The number of hydrogen-bond donors (Lipinski definition) is 2. The molecular weight excluding hydrogens is 270 g/mol. The van der Waals surface area contributed by atoms with Crippen molar-refractivity contribution in [2.24, 2.45) is 5.92 Å². The van der Waals surface area contributed by atoms with Gasteiger partial charge < -0.3 is 10.6 Å². The second-order valence-corrected chi connectivity index (χ2v) is 5.47. The number of nitrogens with one attached hydrogen (secondary N) is 2. The molecule has 0 aromatic heterocycles. The lowest BCUT2D eigenvalue weighted by molar-refractivity contribution is -0.384. The van der Waals surface area contributed by atoms with Gasteiger partial charge >= 0.3 is 0 Å². The van der Waals surface area contributed by atoms with Gasteiger partial charge in [0, 0.05) is 37.7 Å². The highest BCUT2D eigenvalue weighted by Crippen LogP contribution is 2.17. The smallest absolute Gasteiger partial charge is 0.269 e. The van der Waals surface area contributed by atoms with Gasteiger partial charge in [0.15, 0.2) is 0 Å². The van der Waals surface area contributed by atoms with Crippen LogP contribution >= 0.6 is 0 Å². The monoisotopic (exact) mass is 293 g/mol. The maximum atomic E-state index is 11.6. The lowest BCUT2D eigenvalue weighted by Gasteiger charge is -2.14. The Labute approximate surface area is 125 Å². The largest absolute Gasteiger partial charge is 0.356 e. The van der Waals surface area contributed by atoms with Crippen LogP contribution in [0.4, 0.5) is 5.69 Å². The molecule has 0 aliphatic rings. The quantitative estimate of drug-likeness (QED) is 0.569. The Kier molecular flexibility index (Phi) is 6.81. The van der Waals surface area contributed by atoms with Gasteiger partial charge in [-0.2, -0.15) is 0 Å². The number of rotatable bonds is 8. The zero-order valence-corrected chi connectivity index (χ0v) is 12.8. The minimum atomic E-state index is -0.416. The highest BCUT2D eigenvalue weighted by atomic mass is 16.6. The molecule has 0 bridgehead atoms. The molecule has 0 saturated carbocycles. The number of carbonyl (C=O) groups is 1. The Bertz CT molecular complexity index is 472. The van der Waals surface area contributed by atoms with Gasteiger partial charge in [-0.1, -0.05) is 26.0 Å². The summed E-state index contributed by atoms with van der Waals surface area (Å²) in [7, 11) is 0. The van der Waals surface area contributed by atoms with Crippen LogP contribution in [0.3, 0.4) is 0 Å². The molecule has 0 saturated heterocycles. The topological polar surface area (TPSA) is 84.3 Å². The Morgan fingerprint density at radius 1 is 1.24 bits per heavy atom. The van der Waals surface area contributed by atoms with Gasteiger partial charge in [-0.3, -0.25) is 14.9 Å². The molecule has 0 spiro atoms. The average Bonchev–Trinajstić information content (AvgIpc) is 2.45. The van der Waals surface area contributed by atoms with Crippen molar-refractivity contribution in [2.45, 2.75) is 33.2 Å². The number of hydrogen-bond acceptors (Lipinski definition) is 4. The molecule has 6 nitrogen and oxygen atoms in total. The van der Waals surface area contributed by atoms with E-state index >= 15 is 0 Å². The lowest BCUT2D eigenvalue weighted by atomic mass is 10.1. The average molecular weight is 293 g/mol. The Balaban J connectivity index is 2.35. The first kappa shape index (κ1) is 17.1. The highest BCUT2D eigenvalue weighted by molar-refractivity contribution is 5.76. The van der Waals surface area contributed by atoms with Crippen molar-refractivity contribution in [3.63, 3.8) is 0 Å². The summed E-state index contributed by atoms with van der Waals surface area (Å²) in [5, 5.41) is 16.7. The molecule has 0 aliphatic carbocycles. The third-order valence-electron chi connectivity index (χ3n) is 3.11. The molecule has 0 heterocycles. The first-order valence-electron chi connectivity index (χ1n) is 7.14. The summed E-state index contributed by atoms with van der Waals surface area (Å²) in [4.78, 5) is 21.7. The van der Waals surface area contributed by atoms with Crippen LogP contribution in [0, 0.1) is 16.0 Å². The summed E-state index contributed by atoms with van der Waals surface area (Å²) in [6.45, 7) is 7.33. The van der Waals surface area contributed by atoms with Gasteiger partial charge in [0.25, 0.3) is 5.69 Å². The van der Waals surface area contributed by atoms with Crippen molar-refractivity contribution < 1.29 is 9.72 Å². The fourth-order valence-corrected chi connectivity index (χ4v) is 1.81. The lowest BCUT2D eigenvalue weighted by Crippen LogP contribution is -2.31. The van der Waals surface area contributed by atoms with E-state index in [0.717, 1.165) is 5.56 Å². The van der Waals surface area contributed by atoms with E-state index in [1.165, 1.54) is 12.1 Å². The minimum absolute atomic E-state index is 0.0344. The summed E-state index contributed by atoms with van der Waals surface area (Å²) < 4.78 is 0. The second kappa shape index (κ2) is 8.36. The molecule has 1 unspecified atom stereocenters. The summed E-state index contributed by atoms with van der Waals surface area (Å²) in [5.74, 6) is 0.480. The first-order valence-corrected chi connectivity index (χ1v) is 7.14. The molecular formula is C15H23N3O3. The minimum Gasteiger partial charge on any atom is -0.356 e. The fourth-order valence-electron chi connectivity index (χ4n) is 1.81. The number of nitro groups is 1. The van der Waals surface area contributed by atoms with E-state index in [2.05, 4.69) is 24.5 Å².